The van der Waals surface area contributed by atoms with E-state index in [9.17, 15) is 0 Å². The van der Waals surface area contributed by atoms with Gasteiger partial charge in [-0.15, -0.1) is 0 Å². The van der Waals surface area contributed by atoms with Gasteiger partial charge in [-0.1, -0.05) is 23.7 Å². The number of rotatable bonds is 2. The summed E-state index contributed by atoms with van der Waals surface area (Å²) in [6, 6.07) is 7.83. The quantitative estimate of drug-likeness (QED) is 0.770. The van der Waals surface area contributed by atoms with Crippen LogP contribution in [0.2, 0.25) is 5.02 Å². The van der Waals surface area contributed by atoms with Gasteiger partial charge in [0.2, 0.25) is 0 Å². The van der Waals surface area contributed by atoms with Crippen LogP contribution in [-0.4, -0.2) is 18.0 Å². The summed E-state index contributed by atoms with van der Waals surface area (Å²) >= 11 is 5.86. The number of hydrogen-bond donors (Lipinski definition) is 0. The van der Waals surface area contributed by atoms with Crippen molar-refractivity contribution < 1.29 is 4.74 Å². The van der Waals surface area contributed by atoms with E-state index in [4.69, 9.17) is 16.3 Å². The van der Waals surface area contributed by atoms with Gasteiger partial charge in [0.05, 0.1) is 11.5 Å². The topological polar surface area (TPSA) is 21.6 Å². The second-order valence-corrected chi connectivity index (χ2v) is 5.26. The Morgan fingerprint density at radius 1 is 1.31 bits per heavy atom. The standard InChI is InChI=1S/C13H16ClNO/c1-9(10-4-6-11(14)7-5-10)12-15-13(2,3)8-16-12/h4-7,9H,8H2,1-3H3. The summed E-state index contributed by atoms with van der Waals surface area (Å²) in [6.45, 7) is 6.92. The molecule has 16 heavy (non-hydrogen) atoms. The van der Waals surface area contributed by atoms with Crippen LogP contribution in [0.1, 0.15) is 32.3 Å². The first kappa shape index (κ1) is 11.5. The summed E-state index contributed by atoms with van der Waals surface area (Å²) in [4.78, 5) is 4.58. The summed E-state index contributed by atoms with van der Waals surface area (Å²) in [5.74, 6) is 1.02. The fourth-order valence-electron chi connectivity index (χ4n) is 1.73. The zero-order valence-corrected chi connectivity index (χ0v) is 10.6. The first-order valence-corrected chi connectivity index (χ1v) is 5.84. The largest absolute Gasteiger partial charge is 0.478 e. The molecule has 2 rings (SSSR count). The van der Waals surface area contributed by atoms with Gasteiger partial charge < -0.3 is 4.74 Å². The second kappa shape index (κ2) is 4.10. The number of halogens is 1. The molecule has 1 heterocycles. The van der Waals surface area contributed by atoms with Crippen LogP contribution in [0.25, 0.3) is 0 Å². The van der Waals surface area contributed by atoms with Crippen LogP contribution in [-0.2, 0) is 4.74 Å². The Bertz CT molecular complexity index is 408. The third-order valence-corrected chi connectivity index (χ3v) is 2.98. The van der Waals surface area contributed by atoms with E-state index in [0.29, 0.717) is 6.61 Å². The van der Waals surface area contributed by atoms with Crippen LogP contribution in [0, 0.1) is 0 Å². The smallest absolute Gasteiger partial charge is 0.191 e. The maximum Gasteiger partial charge on any atom is 0.191 e. The number of ether oxygens (including phenoxy) is 1. The Labute approximate surface area is 101 Å². The van der Waals surface area contributed by atoms with Crippen LogP contribution in [0.5, 0.6) is 0 Å². The van der Waals surface area contributed by atoms with E-state index >= 15 is 0 Å². The molecule has 86 valence electrons. The molecule has 3 heteroatoms. The van der Waals surface area contributed by atoms with E-state index in [-0.39, 0.29) is 11.5 Å². The molecule has 2 nitrogen and oxygen atoms in total. The summed E-state index contributed by atoms with van der Waals surface area (Å²) in [7, 11) is 0. The fraction of sp³-hybridized carbons (Fsp3) is 0.462. The van der Waals surface area contributed by atoms with Crippen LogP contribution < -0.4 is 0 Å². The monoisotopic (exact) mass is 237 g/mol. The predicted octanol–water partition coefficient (Wildman–Crippen LogP) is 3.65. The molecular formula is C13H16ClNO. The molecule has 1 aliphatic rings. The summed E-state index contributed by atoms with van der Waals surface area (Å²) in [6.07, 6.45) is 0. The zero-order chi connectivity index (χ0) is 11.8. The molecule has 0 saturated carbocycles. The highest BCUT2D eigenvalue weighted by atomic mass is 35.5. The van der Waals surface area contributed by atoms with Crippen molar-refractivity contribution in [2.24, 2.45) is 4.99 Å². The Kier molecular flexibility index (Phi) is 2.94. The minimum Gasteiger partial charge on any atom is -0.478 e. The lowest BCUT2D eigenvalue weighted by Gasteiger charge is -2.11. The molecule has 0 bridgehead atoms. The maximum atomic E-state index is 5.86. The number of benzene rings is 1. The molecule has 0 fully saturated rings. The lowest BCUT2D eigenvalue weighted by atomic mass is 10.0. The van der Waals surface area contributed by atoms with E-state index in [1.807, 2.05) is 24.3 Å². The van der Waals surface area contributed by atoms with Gasteiger partial charge in [-0.05, 0) is 38.5 Å². The maximum absolute atomic E-state index is 5.86. The molecule has 0 spiro atoms. The van der Waals surface area contributed by atoms with E-state index in [2.05, 4.69) is 25.8 Å². The first-order chi connectivity index (χ1) is 7.48. The summed E-state index contributed by atoms with van der Waals surface area (Å²) in [5, 5.41) is 0.755. The lowest BCUT2D eigenvalue weighted by molar-refractivity contribution is 0.272. The molecule has 0 saturated heterocycles. The molecule has 0 aromatic heterocycles. The molecule has 0 aliphatic carbocycles. The minimum atomic E-state index is -0.0873. The van der Waals surface area contributed by atoms with Crippen molar-refractivity contribution in [1.82, 2.24) is 0 Å². The van der Waals surface area contributed by atoms with Crippen molar-refractivity contribution in [2.75, 3.05) is 6.61 Å². The molecule has 0 N–H and O–H groups in total. The van der Waals surface area contributed by atoms with Crippen molar-refractivity contribution in [3.8, 4) is 0 Å². The van der Waals surface area contributed by atoms with E-state index < -0.39 is 0 Å². The third-order valence-electron chi connectivity index (χ3n) is 2.73. The lowest BCUT2D eigenvalue weighted by Crippen LogP contribution is -2.17. The van der Waals surface area contributed by atoms with Gasteiger partial charge in [-0.3, -0.25) is 0 Å². The second-order valence-electron chi connectivity index (χ2n) is 4.82. The van der Waals surface area contributed by atoms with Gasteiger partial charge in [-0.25, -0.2) is 4.99 Å². The number of nitrogens with zero attached hydrogens (tertiary/aromatic N) is 1. The Hall–Kier alpha value is -1.02. The van der Waals surface area contributed by atoms with Crippen molar-refractivity contribution in [3.63, 3.8) is 0 Å². The summed E-state index contributed by atoms with van der Waals surface area (Å²) in [5.41, 5.74) is 1.09. The van der Waals surface area contributed by atoms with Crippen molar-refractivity contribution in [3.05, 3.63) is 34.9 Å². The molecule has 0 radical (unpaired) electrons. The van der Waals surface area contributed by atoms with Crippen molar-refractivity contribution >= 4 is 17.5 Å². The van der Waals surface area contributed by atoms with Gasteiger partial charge in [0.15, 0.2) is 5.90 Å². The van der Waals surface area contributed by atoms with E-state index in [1.165, 1.54) is 5.56 Å². The molecular weight excluding hydrogens is 222 g/mol. The van der Waals surface area contributed by atoms with Crippen LogP contribution >= 0.6 is 11.6 Å². The Balaban J connectivity index is 2.20. The molecule has 1 unspecified atom stereocenters. The van der Waals surface area contributed by atoms with Gasteiger partial charge in [0.25, 0.3) is 0 Å². The highest BCUT2D eigenvalue weighted by Crippen LogP contribution is 2.26. The first-order valence-electron chi connectivity index (χ1n) is 5.46. The van der Waals surface area contributed by atoms with Gasteiger partial charge in [0, 0.05) is 5.02 Å². The van der Waals surface area contributed by atoms with E-state index in [0.717, 1.165) is 10.9 Å². The van der Waals surface area contributed by atoms with Gasteiger partial charge in [0.1, 0.15) is 6.61 Å². The van der Waals surface area contributed by atoms with Crippen LogP contribution in [0.3, 0.4) is 0 Å². The molecule has 1 aromatic rings. The molecule has 1 aliphatic heterocycles. The number of aliphatic imine (C=N–C) groups is 1. The minimum absolute atomic E-state index is 0.0873. The van der Waals surface area contributed by atoms with Crippen molar-refractivity contribution in [1.29, 1.82) is 0 Å². The number of hydrogen-bond acceptors (Lipinski definition) is 2. The third kappa shape index (κ3) is 2.38. The fourth-order valence-corrected chi connectivity index (χ4v) is 1.86. The highest BCUT2D eigenvalue weighted by molar-refractivity contribution is 6.30. The molecule has 0 amide bonds. The summed E-state index contributed by atoms with van der Waals surface area (Å²) < 4.78 is 5.63. The molecule has 1 atom stereocenters. The zero-order valence-electron chi connectivity index (χ0n) is 9.83. The van der Waals surface area contributed by atoms with Crippen LogP contribution in [0.15, 0.2) is 29.3 Å². The normalized spacial score (nSPS) is 20.1. The SMILES string of the molecule is CC(C1=NC(C)(C)CO1)c1ccc(Cl)cc1. The predicted molar refractivity (Wildman–Crippen MR) is 67.3 cm³/mol. The average Bonchev–Trinajstić information content (AvgIpc) is 2.59. The molecule has 1 aromatic carbocycles. The van der Waals surface area contributed by atoms with Gasteiger partial charge >= 0.3 is 0 Å². The Morgan fingerprint density at radius 2 is 1.94 bits per heavy atom. The van der Waals surface area contributed by atoms with Crippen molar-refractivity contribution in [2.45, 2.75) is 32.2 Å². The van der Waals surface area contributed by atoms with Gasteiger partial charge in [-0.2, -0.15) is 0 Å². The van der Waals surface area contributed by atoms with E-state index in [1.54, 1.807) is 0 Å². The van der Waals surface area contributed by atoms with Crippen LogP contribution in [0.4, 0.5) is 0 Å². The highest BCUT2D eigenvalue weighted by Gasteiger charge is 2.29. The average molecular weight is 238 g/mol. The Morgan fingerprint density at radius 3 is 2.44 bits per heavy atom.